The molecule has 1 N–H and O–H groups in total. The first-order chi connectivity index (χ1) is 14.2. The highest BCUT2D eigenvalue weighted by Crippen LogP contribution is 2.25. The first-order valence-electron chi connectivity index (χ1n) is 9.36. The second kappa shape index (κ2) is 8.97. The molecule has 1 aromatic carbocycles. The molecule has 0 radical (unpaired) electrons. The van der Waals surface area contributed by atoms with Gasteiger partial charge >= 0.3 is 5.97 Å². The van der Waals surface area contributed by atoms with Crippen molar-refractivity contribution in [2.75, 3.05) is 16.6 Å². The standard InChI is InChI=1S/C20H22N2O6S2/c1-13(19(24)18-8-7-17(29-18)12-21-14(2)23)28-20(25)15-5-3-6-16(11-15)22-9-4-10-30(22,26)27/h3,5-8,11,13H,4,9-10,12H2,1-2H3,(H,21,23). The van der Waals surface area contributed by atoms with Gasteiger partial charge in [0.15, 0.2) is 6.10 Å². The topological polar surface area (TPSA) is 110 Å². The van der Waals surface area contributed by atoms with Crippen LogP contribution < -0.4 is 9.62 Å². The molecule has 0 saturated carbocycles. The fourth-order valence-corrected chi connectivity index (χ4v) is 5.54. The summed E-state index contributed by atoms with van der Waals surface area (Å²) in [4.78, 5) is 37.3. The predicted molar refractivity (Wildman–Crippen MR) is 113 cm³/mol. The molecule has 1 unspecified atom stereocenters. The van der Waals surface area contributed by atoms with E-state index < -0.39 is 22.1 Å². The van der Waals surface area contributed by atoms with E-state index in [2.05, 4.69) is 5.32 Å². The first kappa shape index (κ1) is 22.0. The van der Waals surface area contributed by atoms with Gasteiger partial charge in [-0.2, -0.15) is 0 Å². The number of thiophene rings is 1. The summed E-state index contributed by atoms with van der Waals surface area (Å²) in [5.74, 6) is -1.13. The number of ketones is 1. The fraction of sp³-hybridized carbons (Fsp3) is 0.350. The van der Waals surface area contributed by atoms with Crippen molar-refractivity contribution in [3.05, 3.63) is 51.7 Å². The number of hydrogen-bond acceptors (Lipinski definition) is 7. The highest BCUT2D eigenvalue weighted by molar-refractivity contribution is 7.93. The number of carbonyl (C=O) groups excluding carboxylic acids is 3. The maximum absolute atomic E-state index is 12.6. The Morgan fingerprint density at radius 3 is 2.67 bits per heavy atom. The van der Waals surface area contributed by atoms with Gasteiger partial charge in [-0.3, -0.25) is 13.9 Å². The number of carbonyl (C=O) groups is 3. The fourth-order valence-electron chi connectivity index (χ4n) is 3.02. The van der Waals surface area contributed by atoms with Crippen LogP contribution in [0.25, 0.3) is 0 Å². The van der Waals surface area contributed by atoms with E-state index >= 15 is 0 Å². The van der Waals surface area contributed by atoms with Crippen LogP contribution in [0.2, 0.25) is 0 Å². The Balaban J connectivity index is 1.66. The summed E-state index contributed by atoms with van der Waals surface area (Å²) in [7, 11) is -3.36. The molecule has 1 aliphatic heterocycles. The van der Waals surface area contributed by atoms with Crippen LogP contribution >= 0.6 is 11.3 Å². The van der Waals surface area contributed by atoms with Crippen LogP contribution in [0.3, 0.4) is 0 Å². The summed E-state index contributed by atoms with van der Waals surface area (Å²) in [5, 5.41) is 2.66. The molecule has 0 bridgehead atoms. The largest absolute Gasteiger partial charge is 0.451 e. The number of Topliss-reactive ketones (excluding diaryl/α,β-unsaturated/α-hetero) is 1. The van der Waals surface area contributed by atoms with Gasteiger partial charge in [-0.25, -0.2) is 13.2 Å². The van der Waals surface area contributed by atoms with Gasteiger partial charge in [0, 0.05) is 18.3 Å². The maximum atomic E-state index is 12.6. The lowest BCUT2D eigenvalue weighted by molar-refractivity contribution is -0.119. The van der Waals surface area contributed by atoms with Crippen molar-refractivity contribution < 1.29 is 27.5 Å². The van der Waals surface area contributed by atoms with Crippen molar-refractivity contribution in [3.8, 4) is 0 Å². The zero-order valence-corrected chi connectivity index (χ0v) is 18.2. The monoisotopic (exact) mass is 450 g/mol. The molecule has 8 nitrogen and oxygen atoms in total. The Morgan fingerprint density at radius 2 is 2.00 bits per heavy atom. The average molecular weight is 451 g/mol. The van der Waals surface area contributed by atoms with Crippen LogP contribution in [0.15, 0.2) is 36.4 Å². The normalized spacial score (nSPS) is 16.1. The number of sulfonamides is 1. The lowest BCUT2D eigenvalue weighted by Crippen LogP contribution is -2.26. The van der Waals surface area contributed by atoms with Crippen LogP contribution in [-0.2, 0) is 26.1 Å². The van der Waals surface area contributed by atoms with Gasteiger partial charge in [0.05, 0.1) is 28.4 Å². The summed E-state index contributed by atoms with van der Waals surface area (Å²) in [5.41, 5.74) is 0.577. The van der Waals surface area contributed by atoms with Gasteiger partial charge in [0.2, 0.25) is 21.7 Å². The van der Waals surface area contributed by atoms with Crippen LogP contribution in [0.4, 0.5) is 5.69 Å². The lowest BCUT2D eigenvalue weighted by atomic mass is 10.2. The summed E-state index contributed by atoms with van der Waals surface area (Å²) < 4.78 is 30.8. The smallest absolute Gasteiger partial charge is 0.338 e. The molecule has 3 rings (SSSR count). The van der Waals surface area contributed by atoms with Crippen molar-refractivity contribution in [1.29, 1.82) is 0 Å². The molecule has 1 aliphatic rings. The molecule has 2 heterocycles. The van der Waals surface area contributed by atoms with E-state index in [1.165, 1.54) is 41.6 Å². The third kappa shape index (κ3) is 5.06. The summed E-state index contributed by atoms with van der Waals surface area (Å²) in [6.07, 6.45) is -0.475. The Kier molecular flexibility index (Phi) is 6.57. The van der Waals surface area contributed by atoms with E-state index in [0.717, 1.165) is 4.88 Å². The molecule has 1 saturated heterocycles. The highest BCUT2D eigenvalue weighted by atomic mass is 32.2. The third-order valence-electron chi connectivity index (χ3n) is 4.54. The number of amides is 1. The van der Waals surface area contributed by atoms with Crippen molar-refractivity contribution >= 4 is 44.7 Å². The molecule has 0 spiro atoms. The lowest BCUT2D eigenvalue weighted by Gasteiger charge is -2.18. The van der Waals surface area contributed by atoms with Crippen molar-refractivity contribution in [1.82, 2.24) is 5.32 Å². The minimum Gasteiger partial charge on any atom is -0.451 e. The van der Waals surface area contributed by atoms with Crippen molar-refractivity contribution in [2.45, 2.75) is 32.9 Å². The van der Waals surface area contributed by atoms with E-state index in [1.807, 2.05) is 0 Å². The number of benzene rings is 1. The van der Waals surface area contributed by atoms with Crippen LogP contribution in [0.5, 0.6) is 0 Å². The summed E-state index contributed by atoms with van der Waals surface area (Å²) in [6, 6.07) is 9.55. The van der Waals surface area contributed by atoms with Gasteiger partial charge in [0.25, 0.3) is 0 Å². The average Bonchev–Trinajstić information content (AvgIpc) is 3.31. The number of rotatable bonds is 7. The minimum absolute atomic E-state index is 0.0813. The van der Waals surface area contributed by atoms with Gasteiger partial charge < -0.3 is 10.1 Å². The molecule has 160 valence electrons. The maximum Gasteiger partial charge on any atom is 0.338 e. The van der Waals surface area contributed by atoms with Crippen molar-refractivity contribution in [3.63, 3.8) is 0 Å². The molecule has 1 aromatic heterocycles. The molecular formula is C20H22N2O6S2. The Labute approximate surface area is 178 Å². The number of ether oxygens (including phenoxy) is 1. The van der Waals surface area contributed by atoms with Crippen LogP contribution in [-0.4, -0.2) is 44.5 Å². The second-order valence-electron chi connectivity index (χ2n) is 6.88. The molecule has 1 amide bonds. The van der Waals surface area contributed by atoms with E-state index in [1.54, 1.807) is 24.3 Å². The zero-order valence-electron chi connectivity index (χ0n) is 16.6. The SMILES string of the molecule is CC(=O)NCc1ccc(C(=O)C(C)OC(=O)c2cccc(N3CCCS3(=O)=O)c2)s1. The van der Waals surface area contributed by atoms with Crippen LogP contribution in [0.1, 0.15) is 45.2 Å². The predicted octanol–water partition coefficient (Wildman–Crippen LogP) is 2.35. The van der Waals surface area contributed by atoms with E-state index in [-0.39, 0.29) is 23.0 Å². The molecule has 10 heteroatoms. The zero-order chi connectivity index (χ0) is 21.9. The Morgan fingerprint density at radius 1 is 1.23 bits per heavy atom. The Hall–Kier alpha value is -2.72. The summed E-state index contributed by atoms with van der Waals surface area (Å²) in [6.45, 7) is 3.60. The molecule has 30 heavy (non-hydrogen) atoms. The van der Waals surface area contributed by atoms with Gasteiger partial charge in [0.1, 0.15) is 0 Å². The summed E-state index contributed by atoms with van der Waals surface area (Å²) >= 11 is 1.22. The number of nitrogens with zero attached hydrogens (tertiary/aromatic N) is 1. The second-order valence-corrected chi connectivity index (χ2v) is 10.1. The minimum atomic E-state index is -3.36. The van der Waals surface area contributed by atoms with Gasteiger partial charge in [-0.05, 0) is 43.7 Å². The molecule has 1 fully saturated rings. The van der Waals surface area contributed by atoms with E-state index in [9.17, 15) is 22.8 Å². The molecule has 2 aromatic rings. The molecule has 0 aliphatic carbocycles. The number of nitrogens with one attached hydrogen (secondary N) is 1. The highest BCUT2D eigenvalue weighted by Gasteiger charge is 2.29. The number of anilines is 1. The molecule has 1 atom stereocenters. The molecular weight excluding hydrogens is 428 g/mol. The van der Waals surface area contributed by atoms with Crippen molar-refractivity contribution in [2.24, 2.45) is 0 Å². The Bertz CT molecular complexity index is 1080. The van der Waals surface area contributed by atoms with E-state index in [4.69, 9.17) is 4.74 Å². The van der Waals surface area contributed by atoms with Crippen LogP contribution in [0, 0.1) is 0 Å². The third-order valence-corrected chi connectivity index (χ3v) is 7.51. The number of hydrogen-bond donors (Lipinski definition) is 1. The quantitative estimate of drug-likeness (QED) is 0.512. The van der Waals surface area contributed by atoms with Gasteiger partial charge in [-0.1, -0.05) is 6.07 Å². The van der Waals surface area contributed by atoms with Gasteiger partial charge in [-0.15, -0.1) is 11.3 Å². The number of esters is 1. The first-order valence-corrected chi connectivity index (χ1v) is 11.8. The van der Waals surface area contributed by atoms with E-state index in [0.29, 0.717) is 30.1 Å².